The Bertz CT molecular complexity index is 197. The maximum atomic E-state index is 6.28. The topological polar surface area (TPSA) is 21.3 Å². The van der Waals surface area contributed by atoms with Crippen molar-refractivity contribution >= 4 is 0 Å². The third kappa shape index (κ3) is 5.27. The van der Waals surface area contributed by atoms with Crippen LogP contribution in [0.4, 0.5) is 0 Å². The van der Waals surface area contributed by atoms with Crippen LogP contribution >= 0.6 is 0 Å². The molecule has 1 rings (SSSR count). The molecule has 1 N–H and O–H groups in total. The second-order valence-corrected chi connectivity index (χ2v) is 5.90. The minimum absolute atomic E-state index is 0.148. The first kappa shape index (κ1) is 16.0. The summed E-state index contributed by atoms with van der Waals surface area (Å²) in [4.78, 5) is 0. The van der Waals surface area contributed by atoms with Crippen LogP contribution in [0.1, 0.15) is 72.1 Å². The van der Waals surface area contributed by atoms with E-state index >= 15 is 0 Å². The van der Waals surface area contributed by atoms with Gasteiger partial charge in [0.25, 0.3) is 0 Å². The van der Waals surface area contributed by atoms with Gasteiger partial charge >= 0.3 is 0 Å². The summed E-state index contributed by atoms with van der Waals surface area (Å²) in [6, 6.07) is 0. The number of hydrogen-bond acceptors (Lipinski definition) is 2. The van der Waals surface area contributed by atoms with E-state index in [4.69, 9.17) is 4.74 Å². The van der Waals surface area contributed by atoms with Crippen molar-refractivity contribution in [1.29, 1.82) is 0 Å². The van der Waals surface area contributed by atoms with Crippen molar-refractivity contribution in [2.24, 2.45) is 5.92 Å². The maximum Gasteiger partial charge on any atom is 0.0806 e. The van der Waals surface area contributed by atoms with Gasteiger partial charge in [0.1, 0.15) is 0 Å². The summed E-state index contributed by atoms with van der Waals surface area (Å²) >= 11 is 0. The van der Waals surface area contributed by atoms with Gasteiger partial charge in [0.2, 0.25) is 0 Å². The van der Waals surface area contributed by atoms with Gasteiger partial charge in [-0.3, -0.25) is 0 Å². The Balaban J connectivity index is 2.41. The molecule has 0 aliphatic heterocycles. The standard InChI is InChI=1S/C16H33NO/c1-4-7-13-18-16(14-17-6-3)11-9-15(8-5-2)10-12-16/h15,17H,4-14H2,1-3H3. The van der Waals surface area contributed by atoms with E-state index in [0.717, 1.165) is 25.6 Å². The number of ether oxygens (including phenoxy) is 1. The molecule has 0 amide bonds. The molecular weight excluding hydrogens is 222 g/mol. The van der Waals surface area contributed by atoms with Crippen LogP contribution in [0.5, 0.6) is 0 Å². The van der Waals surface area contributed by atoms with Gasteiger partial charge < -0.3 is 10.1 Å². The lowest BCUT2D eigenvalue weighted by Crippen LogP contribution is -2.46. The fourth-order valence-electron chi connectivity index (χ4n) is 3.06. The first-order valence-corrected chi connectivity index (χ1v) is 8.11. The molecule has 2 heteroatoms. The second kappa shape index (κ2) is 8.92. The summed E-state index contributed by atoms with van der Waals surface area (Å²) in [5, 5.41) is 3.51. The maximum absolute atomic E-state index is 6.28. The monoisotopic (exact) mass is 255 g/mol. The van der Waals surface area contributed by atoms with Gasteiger partial charge in [-0.05, 0) is 44.6 Å². The van der Waals surface area contributed by atoms with Crippen molar-refractivity contribution in [3.05, 3.63) is 0 Å². The van der Waals surface area contributed by atoms with E-state index in [2.05, 4.69) is 26.1 Å². The molecule has 1 saturated carbocycles. The number of unbranched alkanes of at least 4 members (excludes halogenated alkanes) is 1. The third-order valence-corrected chi connectivity index (χ3v) is 4.32. The first-order chi connectivity index (χ1) is 8.76. The summed E-state index contributed by atoms with van der Waals surface area (Å²) < 4.78 is 6.28. The zero-order chi connectivity index (χ0) is 13.3. The predicted octanol–water partition coefficient (Wildman–Crippen LogP) is 4.14. The fourth-order valence-corrected chi connectivity index (χ4v) is 3.06. The molecular formula is C16H33NO. The number of nitrogens with one attached hydrogen (secondary N) is 1. The van der Waals surface area contributed by atoms with Crippen LogP contribution in [0.15, 0.2) is 0 Å². The molecule has 1 aliphatic carbocycles. The average Bonchev–Trinajstić information content (AvgIpc) is 2.40. The van der Waals surface area contributed by atoms with Crippen LogP contribution in [0.3, 0.4) is 0 Å². The van der Waals surface area contributed by atoms with Crippen LogP contribution in [0, 0.1) is 5.92 Å². The summed E-state index contributed by atoms with van der Waals surface area (Å²) in [5.74, 6) is 0.958. The predicted molar refractivity (Wildman–Crippen MR) is 79.0 cm³/mol. The Morgan fingerprint density at radius 2 is 1.83 bits per heavy atom. The van der Waals surface area contributed by atoms with E-state index in [1.54, 1.807) is 0 Å². The molecule has 0 heterocycles. The van der Waals surface area contributed by atoms with Gasteiger partial charge in [-0.2, -0.15) is 0 Å². The summed E-state index contributed by atoms with van der Waals surface area (Å²) in [6.45, 7) is 9.77. The quantitative estimate of drug-likeness (QED) is 0.625. The van der Waals surface area contributed by atoms with Crippen LogP contribution < -0.4 is 5.32 Å². The molecule has 108 valence electrons. The van der Waals surface area contributed by atoms with Crippen LogP contribution in [-0.4, -0.2) is 25.3 Å². The first-order valence-electron chi connectivity index (χ1n) is 8.11. The van der Waals surface area contributed by atoms with Crippen molar-refractivity contribution in [3.63, 3.8) is 0 Å². The van der Waals surface area contributed by atoms with Gasteiger partial charge in [-0.25, -0.2) is 0 Å². The lowest BCUT2D eigenvalue weighted by Gasteiger charge is -2.40. The summed E-state index contributed by atoms with van der Waals surface area (Å²) in [6.07, 6.45) is 10.4. The zero-order valence-electron chi connectivity index (χ0n) is 12.8. The lowest BCUT2D eigenvalue weighted by molar-refractivity contribution is -0.0775. The van der Waals surface area contributed by atoms with E-state index in [9.17, 15) is 0 Å². The average molecular weight is 255 g/mol. The van der Waals surface area contributed by atoms with Crippen molar-refractivity contribution < 1.29 is 4.74 Å². The van der Waals surface area contributed by atoms with Crippen molar-refractivity contribution in [1.82, 2.24) is 5.32 Å². The third-order valence-electron chi connectivity index (χ3n) is 4.32. The smallest absolute Gasteiger partial charge is 0.0806 e. The number of likely N-dealkylation sites (N-methyl/N-ethyl adjacent to an activating group) is 1. The van der Waals surface area contributed by atoms with Gasteiger partial charge in [0.05, 0.1) is 5.60 Å². The molecule has 0 spiro atoms. The number of hydrogen-bond donors (Lipinski definition) is 1. The van der Waals surface area contributed by atoms with Gasteiger partial charge in [0.15, 0.2) is 0 Å². The van der Waals surface area contributed by atoms with E-state index in [1.165, 1.54) is 51.4 Å². The van der Waals surface area contributed by atoms with Crippen LogP contribution in [0.25, 0.3) is 0 Å². The molecule has 0 aromatic heterocycles. The highest BCUT2D eigenvalue weighted by Crippen LogP contribution is 2.36. The lowest BCUT2D eigenvalue weighted by atomic mass is 9.77. The zero-order valence-corrected chi connectivity index (χ0v) is 12.8. The molecule has 0 aromatic rings. The molecule has 2 nitrogen and oxygen atoms in total. The highest BCUT2D eigenvalue weighted by molar-refractivity contribution is 4.89. The fraction of sp³-hybridized carbons (Fsp3) is 1.00. The minimum atomic E-state index is 0.148. The van der Waals surface area contributed by atoms with Gasteiger partial charge in [-0.15, -0.1) is 0 Å². The molecule has 0 bridgehead atoms. The Labute approximate surface area is 114 Å². The number of rotatable bonds is 9. The summed E-state index contributed by atoms with van der Waals surface area (Å²) in [7, 11) is 0. The Hall–Kier alpha value is -0.0800. The van der Waals surface area contributed by atoms with E-state index in [0.29, 0.717) is 0 Å². The van der Waals surface area contributed by atoms with E-state index in [-0.39, 0.29) is 5.60 Å². The molecule has 0 unspecified atom stereocenters. The van der Waals surface area contributed by atoms with Gasteiger partial charge in [-0.1, -0.05) is 40.0 Å². The second-order valence-electron chi connectivity index (χ2n) is 5.90. The van der Waals surface area contributed by atoms with E-state index < -0.39 is 0 Å². The van der Waals surface area contributed by atoms with Gasteiger partial charge in [0, 0.05) is 13.2 Å². The Morgan fingerprint density at radius 1 is 1.11 bits per heavy atom. The normalized spacial score (nSPS) is 28.5. The summed E-state index contributed by atoms with van der Waals surface area (Å²) in [5.41, 5.74) is 0.148. The highest BCUT2D eigenvalue weighted by Gasteiger charge is 2.35. The van der Waals surface area contributed by atoms with Crippen molar-refractivity contribution in [2.75, 3.05) is 19.7 Å². The SMILES string of the molecule is CCCCOC1(CNCC)CCC(CCC)CC1. The molecule has 1 fully saturated rings. The van der Waals surface area contributed by atoms with E-state index in [1.807, 2.05) is 0 Å². The molecule has 0 atom stereocenters. The molecule has 1 aliphatic rings. The highest BCUT2D eigenvalue weighted by atomic mass is 16.5. The molecule has 0 aromatic carbocycles. The van der Waals surface area contributed by atoms with Crippen LogP contribution in [0.2, 0.25) is 0 Å². The van der Waals surface area contributed by atoms with Crippen molar-refractivity contribution in [2.45, 2.75) is 77.7 Å². The van der Waals surface area contributed by atoms with Crippen molar-refractivity contribution in [3.8, 4) is 0 Å². The largest absolute Gasteiger partial charge is 0.374 e. The Morgan fingerprint density at radius 3 is 2.39 bits per heavy atom. The molecule has 0 saturated heterocycles. The van der Waals surface area contributed by atoms with Crippen LogP contribution in [-0.2, 0) is 4.74 Å². The molecule has 18 heavy (non-hydrogen) atoms. The minimum Gasteiger partial charge on any atom is -0.374 e. The Kier molecular flexibility index (Phi) is 7.92. The molecule has 0 radical (unpaired) electrons.